The normalized spacial score (nSPS) is 12.4. The van der Waals surface area contributed by atoms with Gasteiger partial charge in [-0.3, -0.25) is 42.5 Å². The lowest BCUT2D eigenvalue weighted by Gasteiger charge is -2.35. The summed E-state index contributed by atoms with van der Waals surface area (Å²) in [6, 6.07) is 61.6. The Bertz CT molecular complexity index is 6140. The van der Waals surface area contributed by atoms with Gasteiger partial charge in [-0.05, 0) is 195 Å². The fraction of sp³-hybridized carbons (Fsp3) is 0.293. The highest BCUT2D eigenvalue weighted by Crippen LogP contribution is 2.38. The number of rotatable bonds is 27. The summed E-state index contributed by atoms with van der Waals surface area (Å²) in [4.78, 5) is 107. The number of benzene rings is 7. The van der Waals surface area contributed by atoms with Crippen molar-refractivity contribution in [1.29, 1.82) is 0 Å². The molecule has 116 heavy (non-hydrogen) atoms. The van der Waals surface area contributed by atoms with Crippen molar-refractivity contribution in [3.05, 3.63) is 307 Å². The lowest BCUT2D eigenvalue weighted by molar-refractivity contribution is 0.0596. The molecule has 21 nitrogen and oxygen atoms in total. The predicted molar refractivity (Wildman–Crippen MR) is 468 cm³/mol. The topological polar surface area (TPSA) is 283 Å². The largest absolute Gasteiger partial charge is 0.448 e. The SMILES string of the molecule is Cc1ccc(C(=O)N(CCCN)C(c2nc3c(oc4ccccc43)c(=O)n2Cc2ccc(Br)s2)C(C)C)cc1.Cc1ccc(C(=O)N(CCCN)C(c2nc3c(oc4ccccc43)c(=O)n2Cc2ccccc2)C(C)C)cc1.Cc1ccc(C(=O)N(CCCN)C(c2nc3c(oc4ccccc43)c(=O)n2Cc2cccs2)C(C)C)cc1. The van der Waals surface area contributed by atoms with Crippen LogP contribution in [0.1, 0.15) is 159 Å². The molecule has 0 aliphatic heterocycles. The number of carbonyl (C=O) groups excluding carboxylic acids is 3. The van der Waals surface area contributed by atoms with Crippen molar-refractivity contribution in [1.82, 2.24) is 43.4 Å². The van der Waals surface area contributed by atoms with E-state index < -0.39 is 18.1 Å². The van der Waals surface area contributed by atoms with Gasteiger partial charge < -0.3 is 45.2 Å². The number of amides is 3. The minimum Gasteiger partial charge on any atom is -0.448 e. The second kappa shape index (κ2) is 37.1. The van der Waals surface area contributed by atoms with Crippen LogP contribution in [0.2, 0.25) is 0 Å². The highest BCUT2D eigenvalue weighted by molar-refractivity contribution is 9.11. The molecule has 0 aliphatic rings. The van der Waals surface area contributed by atoms with Crippen molar-refractivity contribution in [2.75, 3.05) is 39.3 Å². The molecule has 0 bridgehead atoms. The van der Waals surface area contributed by atoms with Crippen molar-refractivity contribution in [3.63, 3.8) is 0 Å². The zero-order chi connectivity index (χ0) is 82.0. The first-order chi connectivity index (χ1) is 56.0. The van der Waals surface area contributed by atoms with Gasteiger partial charge in [-0.15, -0.1) is 22.7 Å². The smallest absolute Gasteiger partial charge is 0.297 e. The van der Waals surface area contributed by atoms with Gasteiger partial charge in [0.15, 0.2) is 0 Å². The van der Waals surface area contributed by atoms with Gasteiger partial charge in [0.05, 0.1) is 41.5 Å². The van der Waals surface area contributed by atoms with E-state index in [9.17, 15) is 28.8 Å². The summed E-state index contributed by atoms with van der Waals surface area (Å²) in [5.41, 5.74) is 27.0. The Morgan fingerprint density at radius 1 is 0.405 bits per heavy atom. The van der Waals surface area contributed by atoms with Gasteiger partial charge in [0, 0.05) is 62.2 Å². The van der Waals surface area contributed by atoms with Gasteiger partial charge in [-0.2, -0.15) is 0 Å². The molecule has 0 spiro atoms. The van der Waals surface area contributed by atoms with E-state index in [0.717, 1.165) is 52.0 Å². The highest BCUT2D eigenvalue weighted by Gasteiger charge is 2.38. The number of carbonyl (C=O) groups is 3. The fourth-order valence-corrected chi connectivity index (χ4v) is 17.1. The van der Waals surface area contributed by atoms with Gasteiger partial charge in [0.25, 0.3) is 34.4 Å². The van der Waals surface area contributed by atoms with Crippen LogP contribution in [-0.2, 0) is 19.6 Å². The fourth-order valence-electron chi connectivity index (χ4n) is 15.0. The summed E-state index contributed by atoms with van der Waals surface area (Å²) in [6.45, 7) is 21.9. The van der Waals surface area contributed by atoms with E-state index in [2.05, 4.69) is 57.5 Å². The number of nitrogens with two attached hydrogens (primary N) is 3. The molecule has 15 rings (SSSR count). The van der Waals surface area contributed by atoms with Crippen molar-refractivity contribution >= 4 is 123 Å². The summed E-state index contributed by atoms with van der Waals surface area (Å²) in [5.74, 6) is 1.19. The van der Waals surface area contributed by atoms with Crippen LogP contribution in [0.5, 0.6) is 0 Å². The number of hydrogen-bond acceptors (Lipinski definition) is 17. The molecule has 24 heteroatoms. The second-order valence-corrected chi connectivity index (χ2v) is 33.8. The van der Waals surface area contributed by atoms with Crippen LogP contribution in [0.4, 0.5) is 0 Å². The second-order valence-electron chi connectivity index (χ2n) is 30.3. The van der Waals surface area contributed by atoms with Crippen LogP contribution in [-0.4, -0.2) is 100 Å². The number of aromatic nitrogens is 6. The molecule has 8 aromatic heterocycles. The van der Waals surface area contributed by atoms with Crippen LogP contribution >= 0.6 is 38.6 Å². The van der Waals surface area contributed by atoms with Crippen LogP contribution in [0.3, 0.4) is 0 Å². The third-order valence-electron chi connectivity index (χ3n) is 20.7. The van der Waals surface area contributed by atoms with Crippen LogP contribution in [0, 0.1) is 38.5 Å². The molecule has 0 saturated heterocycles. The average molecular weight is 1660 g/mol. The average Bonchev–Trinajstić information content (AvgIpc) is 1.59. The molecule has 0 aliphatic carbocycles. The molecule has 598 valence electrons. The lowest BCUT2D eigenvalue weighted by atomic mass is 9.98. The Morgan fingerprint density at radius 3 is 1.04 bits per heavy atom. The van der Waals surface area contributed by atoms with E-state index in [0.29, 0.717) is 146 Å². The van der Waals surface area contributed by atoms with Crippen LogP contribution in [0.25, 0.3) is 66.2 Å². The first-order valence-electron chi connectivity index (χ1n) is 39.4. The molecule has 7 aromatic carbocycles. The number of aryl methyl sites for hydroxylation is 3. The lowest BCUT2D eigenvalue weighted by Crippen LogP contribution is -2.42. The van der Waals surface area contributed by atoms with Crippen LogP contribution in [0.15, 0.2) is 237 Å². The molecule has 3 atom stereocenters. The van der Waals surface area contributed by atoms with Crippen molar-refractivity contribution < 1.29 is 27.6 Å². The molecular weight excluding hydrogens is 1560 g/mol. The molecule has 0 radical (unpaired) electrons. The maximum absolute atomic E-state index is 14.1. The van der Waals surface area contributed by atoms with Crippen molar-refractivity contribution in [2.45, 2.75) is 119 Å². The minimum atomic E-state index is -0.473. The van der Waals surface area contributed by atoms with Crippen molar-refractivity contribution in [3.8, 4) is 0 Å². The van der Waals surface area contributed by atoms with E-state index in [-0.39, 0.29) is 68.9 Å². The summed E-state index contributed by atoms with van der Waals surface area (Å²) < 4.78 is 24.0. The number of nitrogens with zero attached hydrogens (tertiary/aromatic N) is 9. The maximum Gasteiger partial charge on any atom is 0.297 e. The van der Waals surface area contributed by atoms with Gasteiger partial charge in [-0.1, -0.05) is 167 Å². The molecule has 6 N–H and O–H groups in total. The maximum atomic E-state index is 14.1. The Labute approximate surface area is 689 Å². The van der Waals surface area contributed by atoms with Gasteiger partial charge in [0.2, 0.25) is 16.7 Å². The number of para-hydroxylation sites is 3. The Balaban J connectivity index is 0.000000151. The monoisotopic (exact) mass is 1660 g/mol. The third kappa shape index (κ3) is 17.9. The van der Waals surface area contributed by atoms with E-state index in [4.69, 9.17) is 45.4 Å². The van der Waals surface area contributed by atoms with Gasteiger partial charge in [0.1, 0.15) is 50.8 Å². The summed E-state index contributed by atoms with van der Waals surface area (Å²) in [7, 11) is 0. The van der Waals surface area contributed by atoms with E-state index in [1.54, 1.807) is 36.4 Å². The number of fused-ring (bicyclic) bond motifs is 9. The quantitative estimate of drug-likeness (QED) is 0.0431. The molecule has 3 unspecified atom stereocenters. The zero-order valence-corrected chi connectivity index (χ0v) is 69.9. The predicted octanol–water partition coefficient (Wildman–Crippen LogP) is 17.9. The number of hydrogen-bond donors (Lipinski definition) is 3. The Morgan fingerprint density at radius 2 is 0.733 bits per heavy atom. The molecule has 3 amide bonds. The first kappa shape index (κ1) is 82.7. The summed E-state index contributed by atoms with van der Waals surface area (Å²) in [5, 5.41) is 4.32. The first-order valence-corrected chi connectivity index (χ1v) is 41.8. The van der Waals surface area contributed by atoms with Crippen LogP contribution < -0.4 is 33.9 Å². The molecular formula is C92H97BrN12O9S2. The molecule has 15 aromatic rings. The Hall–Kier alpha value is -11.3. The van der Waals surface area contributed by atoms with Crippen molar-refractivity contribution in [2.24, 2.45) is 35.0 Å². The molecule has 0 saturated carbocycles. The van der Waals surface area contributed by atoms with Gasteiger partial charge >= 0.3 is 0 Å². The summed E-state index contributed by atoms with van der Waals surface area (Å²) >= 11 is 6.67. The third-order valence-corrected chi connectivity index (χ3v) is 23.2. The molecule has 0 fully saturated rings. The van der Waals surface area contributed by atoms with E-state index >= 15 is 0 Å². The van der Waals surface area contributed by atoms with E-state index in [1.807, 2.05) is 241 Å². The van der Waals surface area contributed by atoms with Gasteiger partial charge in [-0.25, -0.2) is 15.0 Å². The zero-order valence-electron chi connectivity index (χ0n) is 66.7. The number of halogens is 1. The molecule has 8 heterocycles. The van der Waals surface area contributed by atoms with E-state index in [1.165, 1.54) is 0 Å². The Kier molecular flexibility index (Phi) is 26.5. The standard InChI is InChI=1S/C32H34N4O3.C30H31BrN4O3S.C30H32N4O3S/c1-21(2)28(35(19-9-18-33)31(37)24-16-14-22(3)15-17-24)30-34-27-25-12-7-8-13-26(25)39-29(27)32(38)36(30)20-23-10-5-4-6-11-23;1-18(2)26(34(16-6-15-32)29(36)20-11-9-19(3)10-12-20)28-33-25-22-7-4-5-8-23(22)38-27(25)30(37)35(28)17-21-13-14-24(31)39-21;1-19(2)26(33(16-7-15-31)29(35)21-13-11-20(3)12-14-21)28-32-25-23-9-4-5-10-24(23)37-27(25)30(36)34(28)18-22-8-6-17-38-22/h4-8,10-17,21,28H,9,18-20,33H2,1-3H3;4-5,7-14,18,26H,6,15-17,32H2,1-3H3;4-6,8-14,17,19,26H,7,15-16,18,31H2,1-3H3. The number of furan rings is 3. The highest BCUT2D eigenvalue weighted by atomic mass is 79.9. The minimum absolute atomic E-state index is 0.0285. The number of thiophene rings is 2. The summed E-state index contributed by atoms with van der Waals surface area (Å²) in [6.07, 6.45) is 1.88.